The quantitative estimate of drug-likeness (QED) is 0.845. The summed E-state index contributed by atoms with van der Waals surface area (Å²) in [5.41, 5.74) is 7.10. The van der Waals surface area contributed by atoms with Gasteiger partial charge in [-0.1, -0.05) is 13.0 Å². The molecule has 0 radical (unpaired) electrons. The lowest BCUT2D eigenvalue weighted by molar-refractivity contribution is -0.131. The second-order valence-electron chi connectivity index (χ2n) is 6.58. The molecule has 1 saturated heterocycles. The number of carbonyl (C=O) groups is 1. The highest BCUT2D eigenvalue weighted by molar-refractivity contribution is 5.80. The average molecular weight is 293 g/mol. The number of likely N-dealkylation sites (N-methyl/N-ethyl adjacent to an activating group) is 1. The lowest BCUT2D eigenvalue weighted by atomic mass is 9.87. The Morgan fingerprint density at radius 3 is 2.90 bits per heavy atom. The Bertz CT molecular complexity index is 380. The molecule has 1 heterocycles. The molecule has 0 bridgehead atoms. The van der Waals surface area contributed by atoms with Crippen LogP contribution in [0.1, 0.15) is 46.0 Å². The number of nitrogens with zero attached hydrogens (tertiary/aromatic N) is 2. The molecule has 1 fully saturated rings. The Kier molecular flexibility index (Phi) is 6.24. The number of rotatable bonds is 5. The molecule has 4 heteroatoms. The van der Waals surface area contributed by atoms with Crippen LogP contribution in [-0.2, 0) is 4.79 Å². The largest absolute Gasteiger partial charge is 0.330 e. The van der Waals surface area contributed by atoms with Crippen LogP contribution < -0.4 is 5.73 Å². The van der Waals surface area contributed by atoms with Crippen molar-refractivity contribution < 1.29 is 4.79 Å². The third kappa shape index (κ3) is 4.30. The number of allylic oxidation sites excluding steroid dienone is 2. The molecule has 2 aliphatic rings. The minimum absolute atomic E-state index is 0.260. The minimum atomic E-state index is 0.260. The van der Waals surface area contributed by atoms with Crippen molar-refractivity contribution in [2.75, 3.05) is 32.7 Å². The minimum Gasteiger partial charge on any atom is -0.330 e. The third-order valence-electron chi connectivity index (χ3n) is 5.09. The number of nitrogens with two attached hydrogens (primary N) is 1. The molecular formula is C17H31N3O. The lowest BCUT2D eigenvalue weighted by Crippen LogP contribution is -2.47. The second-order valence-corrected chi connectivity index (χ2v) is 6.58. The summed E-state index contributed by atoms with van der Waals surface area (Å²) in [6.07, 6.45) is 8.07. The van der Waals surface area contributed by atoms with Gasteiger partial charge in [-0.25, -0.2) is 0 Å². The van der Waals surface area contributed by atoms with Gasteiger partial charge in [0.15, 0.2) is 0 Å². The maximum absolute atomic E-state index is 12.6. The normalized spacial score (nSPS) is 27.3. The van der Waals surface area contributed by atoms with Gasteiger partial charge in [0.05, 0.1) is 6.54 Å². The van der Waals surface area contributed by atoms with Crippen LogP contribution in [0, 0.1) is 11.8 Å². The van der Waals surface area contributed by atoms with Crippen molar-refractivity contribution in [1.29, 1.82) is 0 Å². The van der Waals surface area contributed by atoms with Crippen molar-refractivity contribution in [3.8, 4) is 0 Å². The maximum atomic E-state index is 12.6. The third-order valence-corrected chi connectivity index (χ3v) is 5.09. The molecule has 1 amide bonds. The van der Waals surface area contributed by atoms with Gasteiger partial charge in [0, 0.05) is 18.8 Å². The van der Waals surface area contributed by atoms with E-state index in [9.17, 15) is 4.79 Å². The fraction of sp³-hybridized carbons (Fsp3) is 0.824. The fourth-order valence-electron chi connectivity index (χ4n) is 3.56. The summed E-state index contributed by atoms with van der Waals surface area (Å²) >= 11 is 0. The molecule has 2 rings (SSSR count). The van der Waals surface area contributed by atoms with Crippen LogP contribution in [0.5, 0.6) is 0 Å². The maximum Gasteiger partial charge on any atom is 0.240 e. The van der Waals surface area contributed by atoms with E-state index in [-0.39, 0.29) is 5.91 Å². The molecule has 2 atom stereocenters. The van der Waals surface area contributed by atoms with Gasteiger partial charge >= 0.3 is 0 Å². The van der Waals surface area contributed by atoms with Crippen LogP contribution in [0.15, 0.2) is 11.8 Å². The van der Waals surface area contributed by atoms with E-state index in [1.807, 2.05) is 4.90 Å². The van der Waals surface area contributed by atoms with Crippen molar-refractivity contribution >= 4 is 5.91 Å². The number of hydrogen-bond donors (Lipinski definition) is 1. The van der Waals surface area contributed by atoms with Crippen LogP contribution in [0.2, 0.25) is 0 Å². The van der Waals surface area contributed by atoms with Crippen LogP contribution in [0.3, 0.4) is 0 Å². The highest BCUT2D eigenvalue weighted by Crippen LogP contribution is 2.24. The fourth-order valence-corrected chi connectivity index (χ4v) is 3.56. The molecule has 2 N–H and O–H groups in total. The van der Waals surface area contributed by atoms with E-state index < -0.39 is 0 Å². The first-order valence-electron chi connectivity index (χ1n) is 8.57. The Morgan fingerprint density at radius 1 is 1.48 bits per heavy atom. The van der Waals surface area contributed by atoms with Gasteiger partial charge in [-0.3, -0.25) is 9.69 Å². The molecule has 120 valence electrons. The molecule has 4 nitrogen and oxygen atoms in total. The summed E-state index contributed by atoms with van der Waals surface area (Å²) in [7, 11) is 0. The molecule has 0 aromatic heterocycles. The number of likely N-dealkylation sites (tertiary alicyclic amines) is 1. The summed E-state index contributed by atoms with van der Waals surface area (Å²) in [4.78, 5) is 16.9. The smallest absolute Gasteiger partial charge is 0.240 e. The van der Waals surface area contributed by atoms with E-state index in [4.69, 9.17) is 5.73 Å². The van der Waals surface area contributed by atoms with Crippen molar-refractivity contribution in [2.45, 2.75) is 46.0 Å². The molecule has 0 aromatic rings. The van der Waals surface area contributed by atoms with Crippen LogP contribution >= 0.6 is 0 Å². The first kappa shape index (κ1) is 16.5. The van der Waals surface area contributed by atoms with Crippen LogP contribution in [0.25, 0.3) is 0 Å². The van der Waals surface area contributed by atoms with Crippen molar-refractivity contribution in [1.82, 2.24) is 9.80 Å². The molecule has 0 spiro atoms. The van der Waals surface area contributed by atoms with E-state index in [0.717, 1.165) is 45.4 Å². The van der Waals surface area contributed by atoms with Gasteiger partial charge in [0.1, 0.15) is 0 Å². The van der Waals surface area contributed by atoms with Gasteiger partial charge in [-0.2, -0.15) is 0 Å². The van der Waals surface area contributed by atoms with Gasteiger partial charge < -0.3 is 10.6 Å². The Labute approximate surface area is 129 Å². The molecule has 0 aromatic carbocycles. The summed E-state index contributed by atoms with van der Waals surface area (Å²) in [6, 6.07) is 0. The van der Waals surface area contributed by atoms with Gasteiger partial charge in [0.2, 0.25) is 5.91 Å². The van der Waals surface area contributed by atoms with Gasteiger partial charge in [-0.15, -0.1) is 0 Å². The monoisotopic (exact) mass is 293 g/mol. The van der Waals surface area contributed by atoms with E-state index in [1.54, 1.807) is 0 Å². The molecule has 0 saturated carbocycles. The predicted octanol–water partition coefficient (Wildman–Crippen LogP) is 2.21. The van der Waals surface area contributed by atoms with Crippen molar-refractivity contribution in [2.24, 2.45) is 17.6 Å². The first-order valence-corrected chi connectivity index (χ1v) is 8.57. The molecular weight excluding hydrogens is 262 g/mol. The Morgan fingerprint density at radius 2 is 2.29 bits per heavy atom. The number of carbonyl (C=O) groups excluding carboxylic acids is 1. The Hall–Kier alpha value is -0.870. The zero-order chi connectivity index (χ0) is 15.2. The van der Waals surface area contributed by atoms with Gasteiger partial charge in [-0.05, 0) is 64.0 Å². The number of hydrogen-bond acceptors (Lipinski definition) is 3. The molecule has 1 aliphatic heterocycles. The standard InChI is InChI=1S/C17H31N3O/c1-3-20(16-7-5-4-6-8-16)17(21)13-19-10-9-14(2)15(11-18)12-19/h7,14-15H,3-6,8-13,18H2,1-2H3. The summed E-state index contributed by atoms with van der Waals surface area (Å²) in [5.74, 6) is 1.48. The summed E-state index contributed by atoms with van der Waals surface area (Å²) in [6.45, 7) is 8.42. The first-order chi connectivity index (χ1) is 10.2. The van der Waals surface area contributed by atoms with Gasteiger partial charge in [0.25, 0.3) is 0 Å². The van der Waals surface area contributed by atoms with E-state index >= 15 is 0 Å². The summed E-state index contributed by atoms with van der Waals surface area (Å²) in [5, 5.41) is 0. The highest BCUT2D eigenvalue weighted by Gasteiger charge is 2.27. The number of amides is 1. The molecule has 1 aliphatic carbocycles. The summed E-state index contributed by atoms with van der Waals surface area (Å²) < 4.78 is 0. The zero-order valence-corrected chi connectivity index (χ0v) is 13.7. The van der Waals surface area contributed by atoms with Crippen LogP contribution in [0.4, 0.5) is 0 Å². The topological polar surface area (TPSA) is 49.6 Å². The Balaban J connectivity index is 1.91. The zero-order valence-electron chi connectivity index (χ0n) is 13.7. The van der Waals surface area contributed by atoms with Crippen molar-refractivity contribution in [3.63, 3.8) is 0 Å². The van der Waals surface area contributed by atoms with E-state index in [0.29, 0.717) is 18.4 Å². The van der Waals surface area contributed by atoms with Crippen molar-refractivity contribution in [3.05, 3.63) is 11.8 Å². The second kappa shape index (κ2) is 7.95. The van der Waals surface area contributed by atoms with E-state index in [1.165, 1.54) is 18.5 Å². The average Bonchev–Trinajstić information content (AvgIpc) is 2.51. The van der Waals surface area contributed by atoms with E-state index in [2.05, 4.69) is 24.8 Å². The molecule has 21 heavy (non-hydrogen) atoms. The molecule has 2 unspecified atom stereocenters. The highest BCUT2D eigenvalue weighted by atomic mass is 16.2. The number of piperidine rings is 1. The lowest BCUT2D eigenvalue weighted by Gasteiger charge is -2.37. The predicted molar refractivity (Wildman–Crippen MR) is 86.7 cm³/mol. The van der Waals surface area contributed by atoms with Crippen LogP contribution in [-0.4, -0.2) is 48.4 Å². The SMILES string of the molecule is CCN(C(=O)CN1CCC(C)C(CN)C1)C1=CCCCC1.